The number of hydrogen-bond acceptors (Lipinski definition) is 8. The maximum atomic E-state index is 12.8. The molecule has 29 heavy (non-hydrogen) atoms. The van der Waals surface area contributed by atoms with Crippen LogP contribution >= 0.6 is 0 Å². The molecule has 0 aliphatic carbocycles. The molecule has 1 aliphatic heterocycles. The van der Waals surface area contributed by atoms with Crippen LogP contribution in [-0.2, 0) is 28.7 Å². The highest BCUT2D eigenvalue weighted by Gasteiger charge is 2.46. The summed E-state index contributed by atoms with van der Waals surface area (Å²) in [5.41, 5.74) is 5.83. The fourth-order valence-corrected chi connectivity index (χ4v) is 2.53. The summed E-state index contributed by atoms with van der Waals surface area (Å²) in [6, 6.07) is -2.45. The van der Waals surface area contributed by atoms with Crippen molar-refractivity contribution in [2.45, 2.75) is 57.8 Å². The molecule has 0 spiro atoms. The molecule has 1 aliphatic rings. The normalized spacial score (nSPS) is 22.6. The molecule has 1 rings (SSSR count). The van der Waals surface area contributed by atoms with E-state index >= 15 is 0 Å². The van der Waals surface area contributed by atoms with Gasteiger partial charge in [0, 0.05) is 13.5 Å². The van der Waals surface area contributed by atoms with E-state index in [9.17, 15) is 37.5 Å². The zero-order valence-electron chi connectivity index (χ0n) is 15.9. The Bertz CT molecular complexity index is 694. The molecular weight excluding hydrogens is 403 g/mol. The fourth-order valence-electron chi connectivity index (χ4n) is 2.53. The number of halogens is 3. The number of aliphatic hydroxyl groups excluding tert-OH is 1. The van der Waals surface area contributed by atoms with Crippen molar-refractivity contribution in [2.24, 2.45) is 5.73 Å². The summed E-state index contributed by atoms with van der Waals surface area (Å²) in [5.74, 6) is -6.96. The molecule has 0 aromatic rings. The smallest absolute Gasteiger partial charge is 0.471 e. The number of nitrogens with two attached hydrogens (primary N) is 1. The number of carbonyl (C=O) groups is 4. The number of esters is 2. The zero-order valence-corrected chi connectivity index (χ0v) is 15.9. The maximum Gasteiger partial charge on any atom is 0.491 e. The van der Waals surface area contributed by atoms with Crippen LogP contribution in [0.2, 0.25) is 0 Å². The number of hydrogen-bond donors (Lipinski definition) is 3. The molecule has 0 saturated carbocycles. The quantitative estimate of drug-likeness (QED) is 0.288. The van der Waals surface area contributed by atoms with Crippen LogP contribution in [0.4, 0.5) is 13.2 Å². The first-order valence-corrected chi connectivity index (χ1v) is 8.52. The molecule has 164 valence electrons. The zero-order chi connectivity index (χ0) is 22.5. The van der Waals surface area contributed by atoms with Crippen molar-refractivity contribution in [1.82, 2.24) is 10.2 Å². The minimum atomic E-state index is -5.43. The van der Waals surface area contributed by atoms with Crippen molar-refractivity contribution in [3.63, 3.8) is 0 Å². The molecule has 0 radical (unpaired) electrons. The van der Waals surface area contributed by atoms with Crippen molar-refractivity contribution < 1.29 is 46.9 Å². The molecule has 1 heterocycles. The largest absolute Gasteiger partial charge is 0.491 e. The molecule has 1 unspecified atom stereocenters. The van der Waals surface area contributed by atoms with E-state index in [1.807, 2.05) is 0 Å². The highest BCUT2D eigenvalue weighted by atomic mass is 19.4. The minimum absolute atomic E-state index is 0.0778. The maximum absolute atomic E-state index is 12.8. The number of alkyl halides is 3. The topological polar surface area (TPSA) is 148 Å². The second-order valence-corrected chi connectivity index (χ2v) is 6.21. The van der Waals surface area contributed by atoms with E-state index in [1.165, 1.54) is 6.92 Å². The lowest BCUT2D eigenvalue weighted by molar-refractivity contribution is -0.202. The third-order valence-corrected chi connectivity index (χ3v) is 3.77. The van der Waals surface area contributed by atoms with Gasteiger partial charge in [0.05, 0.1) is 12.1 Å². The fraction of sp³-hybridized carbons (Fsp3) is 0.625. The SMILES string of the molecule is CCCN(C(=O)[C@@H]1OC(C(=O)OC(=O)C(F)(F)F)=C[C@H](N)[C@H]1NC(C)=O)C(C)O. The lowest BCUT2D eigenvalue weighted by atomic mass is 9.97. The molecule has 4 atom stereocenters. The minimum Gasteiger partial charge on any atom is -0.471 e. The van der Waals surface area contributed by atoms with Gasteiger partial charge in [0.15, 0.2) is 6.10 Å². The Morgan fingerprint density at radius 1 is 1.38 bits per heavy atom. The summed E-state index contributed by atoms with van der Waals surface area (Å²) >= 11 is 0. The van der Waals surface area contributed by atoms with E-state index in [1.54, 1.807) is 6.92 Å². The van der Waals surface area contributed by atoms with E-state index in [-0.39, 0.29) is 6.54 Å². The van der Waals surface area contributed by atoms with Crippen LogP contribution in [0.1, 0.15) is 27.2 Å². The summed E-state index contributed by atoms with van der Waals surface area (Å²) in [7, 11) is 0. The van der Waals surface area contributed by atoms with Crippen LogP contribution in [0.5, 0.6) is 0 Å². The Morgan fingerprint density at radius 2 is 1.97 bits per heavy atom. The van der Waals surface area contributed by atoms with E-state index in [0.29, 0.717) is 6.42 Å². The van der Waals surface area contributed by atoms with Gasteiger partial charge in [-0.05, 0) is 19.4 Å². The highest BCUT2D eigenvalue weighted by Crippen LogP contribution is 2.23. The van der Waals surface area contributed by atoms with E-state index in [0.717, 1.165) is 17.9 Å². The van der Waals surface area contributed by atoms with Crippen molar-refractivity contribution in [3.05, 3.63) is 11.8 Å². The van der Waals surface area contributed by atoms with Gasteiger partial charge in [-0.1, -0.05) is 6.92 Å². The number of rotatable bonds is 6. The van der Waals surface area contributed by atoms with Gasteiger partial charge in [-0.25, -0.2) is 9.59 Å². The standard InChI is InChI=1S/C16H22F3N3O7/c1-4-5-22(8(3)24)13(25)12-11(21-7(2)23)9(20)6-10(28-12)14(26)29-15(27)16(17,18)19/h6,8-9,11-12,24H,4-5,20H2,1-3H3,(H,21,23)/t8?,9-,11+,12+/m0/s1. The molecule has 10 nitrogen and oxygen atoms in total. The number of carbonyl (C=O) groups excluding carboxylic acids is 4. The van der Waals surface area contributed by atoms with Gasteiger partial charge in [-0.3, -0.25) is 9.59 Å². The first kappa shape index (κ1) is 24.4. The molecule has 0 aromatic heterocycles. The van der Waals surface area contributed by atoms with Crippen molar-refractivity contribution in [3.8, 4) is 0 Å². The number of amides is 2. The van der Waals surface area contributed by atoms with Gasteiger partial charge < -0.3 is 30.5 Å². The number of ether oxygens (including phenoxy) is 2. The van der Waals surface area contributed by atoms with Crippen LogP contribution in [0.25, 0.3) is 0 Å². The first-order valence-electron chi connectivity index (χ1n) is 8.52. The van der Waals surface area contributed by atoms with Crippen molar-refractivity contribution in [2.75, 3.05) is 6.54 Å². The second-order valence-electron chi connectivity index (χ2n) is 6.21. The van der Waals surface area contributed by atoms with Gasteiger partial charge in [-0.15, -0.1) is 0 Å². The molecule has 0 aromatic carbocycles. The van der Waals surface area contributed by atoms with Crippen LogP contribution in [-0.4, -0.2) is 70.9 Å². The molecule has 4 N–H and O–H groups in total. The average Bonchev–Trinajstić information content (AvgIpc) is 2.58. The average molecular weight is 425 g/mol. The third-order valence-electron chi connectivity index (χ3n) is 3.77. The van der Waals surface area contributed by atoms with Gasteiger partial charge >= 0.3 is 18.1 Å². The predicted molar refractivity (Wildman–Crippen MR) is 89.4 cm³/mol. The summed E-state index contributed by atoms with van der Waals surface area (Å²) in [6.07, 6.45) is -7.10. The lowest BCUT2D eigenvalue weighted by Crippen LogP contribution is -2.62. The molecule has 2 amide bonds. The van der Waals surface area contributed by atoms with Gasteiger partial charge in [-0.2, -0.15) is 13.2 Å². The van der Waals surface area contributed by atoms with Gasteiger partial charge in [0.1, 0.15) is 6.23 Å². The van der Waals surface area contributed by atoms with E-state index in [4.69, 9.17) is 10.5 Å². The van der Waals surface area contributed by atoms with Gasteiger partial charge in [0.25, 0.3) is 5.91 Å². The number of nitrogens with zero attached hydrogens (tertiary/aromatic N) is 1. The summed E-state index contributed by atoms with van der Waals surface area (Å²) < 4.78 is 45.7. The monoisotopic (exact) mass is 425 g/mol. The highest BCUT2D eigenvalue weighted by molar-refractivity contribution is 5.97. The molecule has 0 fully saturated rings. The molecular formula is C16H22F3N3O7. The summed E-state index contributed by atoms with van der Waals surface area (Å²) in [5, 5.41) is 12.2. The van der Waals surface area contributed by atoms with Crippen LogP contribution in [0.15, 0.2) is 11.8 Å². The van der Waals surface area contributed by atoms with Crippen LogP contribution < -0.4 is 11.1 Å². The van der Waals surface area contributed by atoms with Crippen molar-refractivity contribution >= 4 is 23.8 Å². The Hall–Kier alpha value is -2.67. The number of aliphatic hydroxyl groups is 1. The number of nitrogens with one attached hydrogen (secondary N) is 1. The predicted octanol–water partition coefficient (Wildman–Crippen LogP) is -0.690. The van der Waals surface area contributed by atoms with E-state index < -0.39 is 60.1 Å². The lowest BCUT2D eigenvalue weighted by Gasteiger charge is -2.37. The molecule has 0 saturated heterocycles. The Labute approximate surface area is 163 Å². The molecule has 13 heteroatoms. The Morgan fingerprint density at radius 3 is 2.41 bits per heavy atom. The Kier molecular flexibility index (Phi) is 8.15. The second kappa shape index (κ2) is 9.69. The summed E-state index contributed by atoms with van der Waals surface area (Å²) in [4.78, 5) is 48.0. The summed E-state index contributed by atoms with van der Waals surface area (Å²) in [6.45, 7) is 4.21. The van der Waals surface area contributed by atoms with Crippen LogP contribution in [0.3, 0.4) is 0 Å². The van der Waals surface area contributed by atoms with Gasteiger partial charge in [0.2, 0.25) is 11.7 Å². The Balaban J connectivity index is 3.19. The first-order chi connectivity index (χ1) is 13.3. The third kappa shape index (κ3) is 6.42. The van der Waals surface area contributed by atoms with Crippen molar-refractivity contribution in [1.29, 1.82) is 0 Å². The van der Waals surface area contributed by atoms with Crippen LogP contribution in [0, 0.1) is 0 Å². The van der Waals surface area contributed by atoms with E-state index in [2.05, 4.69) is 10.1 Å². The molecule has 0 bridgehead atoms.